The van der Waals surface area contributed by atoms with Crippen LogP contribution in [0.25, 0.3) is 0 Å². The van der Waals surface area contributed by atoms with Gasteiger partial charge in [-0.05, 0) is 62.9 Å². The molecule has 0 radical (unpaired) electrons. The van der Waals surface area contributed by atoms with Crippen LogP contribution in [0.2, 0.25) is 5.02 Å². The average Bonchev–Trinajstić information content (AvgIpc) is 2.75. The molecule has 0 fully saturated rings. The monoisotopic (exact) mass is 430 g/mol. The van der Waals surface area contributed by atoms with Crippen LogP contribution in [0.4, 0.5) is 0 Å². The summed E-state index contributed by atoms with van der Waals surface area (Å²) in [6.07, 6.45) is 1.49. The van der Waals surface area contributed by atoms with Gasteiger partial charge >= 0.3 is 0 Å². The zero-order chi connectivity index (χ0) is 22.1. The summed E-state index contributed by atoms with van der Waals surface area (Å²) in [5.41, 5.74) is 1.99. The molecule has 2 amide bonds. The van der Waals surface area contributed by atoms with Crippen molar-refractivity contribution in [1.29, 1.82) is 0 Å². The Kier molecular flexibility index (Phi) is 9.18. The first kappa shape index (κ1) is 23.7. The molecule has 5 nitrogen and oxygen atoms in total. The molecule has 2 aromatic rings. The van der Waals surface area contributed by atoms with E-state index in [0.29, 0.717) is 23.7 Å². The van der Waals surface area contributed by atoms with Gasteiger partial charge in [-0.2, -0.15) is 0 Å². The van der Waals surface area contributed by atoms with Crippen molar-refractivity contribution in [2.75, 3.05) is 13.2 Å². The van der Waals surface area contributed by atoms with E-state index in [1.165, 1.54) is 0 Å². The summed E-state index contributed by atoms with van der Waals surface area (Å²) in [6.45, 7) is 7.89. The number of carbonyl (C=O) groups excluding carboxylic acids is 2. The molecule has 0 aliphatic heterocycles. The zero-order valence-corrected chi connectivity index (χ0v) is 18.9. The number of amides is 2. The SMILES string of the molecule is CC[C@H](C)NC(=O)[C@@H](C)N(CCc1ccccc1)C(=O)COc1ccc(Cl)c(C)c1. The molecule has 0 bridgehead atoms. The Hall–Kier alpha value is -2.53. The van der Waals surface area contributed by atoms with Crippen molar-refractivity contribution < 1.29 is 14.3 Å². The van der Waals surface area contributed by atoms with E-state index in [9.17, 15) is 9.59 Å². The van der Waals surface area contributed by atoms with Gasteiger partial charge in [-0.15, -0.1) is 0 Å². The van der Waals surface area contributed by atoms with Crippen LogP contribution in [0.15, 0.2) is 48.5 Å². The van der Waals surface area contributed by atoms with E-state index in [1.54, 1.807) is 30.0 Å². The van der Waals surface area contributed by atoms with Crippen molar-refractivity contribution in [3.05, 3.63) is 64.7 Å². The van der Waals surface area contributed by atoms with Gasteiger partial charge in [0.25, 0.3) is 5.91 Å². The Morgan fingerprint density at radius 1 is 1.13 bits per heavy atom. The van der Waals surface area contributed by atoms with Crippen molar-refractivity contribution in [2.24, 2.45) is 0 Å². The van der Waals surface area contributed by atoms with E-state index >= 15 is 0 Å². The number of hydrogen-bond donors (Lipinski definition) is 1. The molecule has 0 aliphatic carbocycles. The van der Waals surface area contributed by atoms with Gasteiger partial charge in [0.1, 0.15) is 11.8 Å². The zero-order valence-electron chi connectivity index (χ0n) is 18.2. The average molecular weight is 431 g/mol. The molecule has 2 aromatic carbocycles. The standard InChI is InChI=1S/C24H31ClN2O3/c1-5-18(3)26-24(29)19(4)27(14-13-20-9-7-6-8-10-20)23(28)16-30-21-11-12-22(25)17(2)15-21/h6-12,15,18-19H,5,13-14,16H2,1-4H3,(H,26,29)/t18-,19+/m0/s1. The van der Waals surface area contributed by atoms with Crippen molar-refractivity contribution in [3.63, 3.8) is 0 Å². The lowest BCUT2D eigenvalue weighted by Gasteiger charge is -2.29. The molecule has 1 N–H and O–H groups in total. The number of ether oxygens (including phenoxy) is 1. The third-order valence-electron chi connectivity index (χ3n) is 5.14. The van der Waals surface area contributed by atoms with Crippen LogP contribution in [-0.4, -0.2) is 41.9 Å². The van der Waals surface area contributed by atoms with E-state index < -0.39 is 6.04 Å². The van der Waals surface area contributed by atoms with Gasteiger partial charge in [-0.1, -0.05) is 48.9 Å². The number of nitrogens with one attached hydrogen (secondary N) is 1. The Morgan fingerprint density at radius 3 is 2.47 bits per heavy atom. The molecule has 0 aromatic heterocycles. The van der Waals surface area contributed by atoms with Crippen LogP contribution >= 0.6 is 11.6 Å². The summed E-state index contributed by atoms with van der Waals surface area (Å²) in [5, 5.41) is 3.61. The molecule has 30 heavy (non-hydrogen) atoms. The second-order valence-electron chi connectivity index (χ2n) is 7.52. The highest BCUT2D eigenvalue weighted by atomic mass is 35.5. The Balaban J connectivity index is 2.08. The summed E-state index contributed by atoms with van der Waals surface area (Å²) >= 11 is 6.05. The maximum Gasteiger partial charge on any atom is 0.261 e. The second-order valence-corrected chi connectivity index (χ2v) is 7.92. The minimum absolute atomic E-state index is 0.0549. The summed E-state index contributed by atoms with van der Waals surface area (Å²) in [5.74, 6) is 0.184. The van der Waals surface area contributed by atoms with Gasteiger partial charge < -0.3 is 15.0 Å². The predicted molar refractivity (Wildman–Crippen MR) is 121 cm³/mol. The Bertz CT molecular complexity index is 842. The minimum atomic E-state index is -0.592. The van der Waals surface area contributed by atoms with E-state index in [-0.39, 0.29) is 24.5 Å². The van der Waals surface area contributed by atoms with Gasteiger partial charge in [-0.3, -0.25) is 9.59 Å². The molecule has 162 valence electrons. The summed E-state index contributed by atoms with van der Waals surface area (Å²) < 4.78 is 5.69. The van der Waals surface area contributed by atoms with Crippen LogP contribution in [0.5, 0.6) is 5.75 Å². The molecule has 6 heteroatoms. The van der Waals surface area contributed by atoms with Crippen molar-refractivity contribution in [2.45, 2.75) is 52.6 Å². The number of hydrogen-bond acceptors (Lipinski definition) is 3. The maximum absolute atomic E-state index is 13.0. The quantitative estimate of drug-likeness (QED) is 0.607. The van der Waals surface area contributed by atoms with Crippen LogP contribution in [0.1, 0.15) is 38.3 Å². The molecule has 0 heterocycles. The van der Waals surface area contributed by atoms with Gasteiger partial charge in [0, 0.05) is 17.6 Å². The van der Waals surface area contributed by atoms with Crippen molar-refractivity contribution in [1.82, 2.24) is 10.2 Å². The summed E-state index contributed by atoms with van der Waals surface area (Å²) in [6, 6.07) is 14.6. The lowest BCUT2D eigenvalue weighted by atomic mass is 10.1. The summed E-state index contributed by atoms with van der Waals surface area (Å²) in [4.78, 5) is 27.2. The molecule has 0 unspecified atom stereocenters. The third kappa shape index (κ3) is 7.06. The molecule has 0 aliphatic rings. The number of halogens is 1. The molecular formula is C24H31ClN2O3. The highest BCUT2D eigenvalue weighted by Crippen LogP contribution is 2.21. The first-order valence-corrected chi connectivity index (χ1v) is 10.7. The van der Waals surface area contributed by atoms with Gasteiger partial charge in [0.15, 0.2) is 6.61 Å². The fourth-order valence-corrected chi connectivity index (χ4v) is 3.09. The topological polar surface area (TPSA) is 58.6 Å². The third-order valence-corrected chi connectivity index (χ3v) is 5.57. The van der Waals surface area contributed by atoms with Gasteiger partial charge in [0.05, 0.1) is 0 Å². The highest BCUT2D eigenvalue weighted by Gasteiger charge is 2.26. The van der Waals surface area contributed by atoms with E-state index in [0.717, 1.165) is 17.5 Å². The fourth-order valence-electron chi connectivity index (χ4n) is 2.97. The number of aryl methyl sites for hydroxylation is 1. The van der Waals surface area contributed by atoms with Gasteiger partial charge in [0.2, 0.25) is 5.91 Å². The van der Waals surface area contributed by atoms with Crippen molar-refractivity contribution >= 4 is 23.4 Å². The Morgan fingerprint density at radius 2 is 1.83 bits per heavy atom. The largest absolute Gasteiger partial charge is 0.484 e. The van der Waals surface area contributed by atoms with Crippen LogP contribution in [0, 0.1) is 6.92 Å². The van der Waals surface area contributed by atoms with E-state index in [2.05, 4.69) is 5.32 Å². The van der Waals surface area contributed by atoms with Crippen LogP contribution in [-0.2, 0) is 16.0 Å². The fraction of sp³-hybridized carbons (Fsp3) is 0.417. The molecule has 2 rings (SSSR count). The predicted octanol–water partition coefficient (Wildman–Crippen LogP) is 4.40. The number of nitrogens with zero attached hydrogens (tertiary/aromatic N) is 1. The molecular weight excluding hydrogens is 400 g/mol. The van der Waals surface area contributed by atoms with Crippen molar-refractivity contribution in [3.8, 4) is 5.75 Å². The van der Waals surface area contributed by atoms with Crippen LogP contribution < -0.4 is 10.1 Å². The number of carbonyl (C=O) groups is 2. The molecule has 0 saturated carbocycles. The Labute approximate surface area is 184 Å². The lowest BCUT2D eigenvalue weighted by molar-refractivity contribution is -0.141. The summed E-state index contributed by atoms with van der Waals surface area (Å²) in [7, 11) is 0. The minimum Gasteiger partial charge on any atom is -0.484 e. The highest BCUT2D eigenvalue weighted by molar-refractivity contribution is 6.31. The lowest BCUT2D eigenvalue weighted by Crippen LogP contribution is -2.51. The molecule has 0 saturated heterocycles. The maximum atomic E-state index is 13.0. The van der Waals surface area contributed by atoms with Crippen LogP contribution in [0.3, 0.4) is 0 Å². The number of benzene rings is 2. The first-order chi connectivity index (χ1) is 14.3. The van der Waals surface area contributed by atoms with E-state index in [4.69, 9.17) is 16.3 Å². The van der Waals surface area contributed by atoms with E-state index in [1.807, 2.05) is 51.1 Å². The normalized spacial score (nSPS) is 12.7. The first-order valence-electron chi connectivity index (χ1n) is 10.3. The second kappa shape index (κ2) is 11.6. The van der Waals surface area contributed by atoms with Gasteiger partial charge in [-0.25, -0.2) is 0 Å². The smallest absolute Gasteiger partial charge is 0.261 e. The number of rotatable bonds is 10. The molecule has 2 atom stereocenters. The molecule has 0 spiro atoms.